The van der Waals surface area contributed by atoms with Gasteiger partial charge in [0.05, 0.1) is 4.90 Å². The summed E-state index contributed by atoms with van der Waals surface area (Å²) < 4.78 is 36.9. The molecule has 3 aromatic rings. The first kappa shape index (κ1) is 15.0. The molecule has 0 unspecified atom stereocenters. The molecular formula is C15H12N2O5S. The van der Waals surface area contributed by atoms with Crippen LogP contribution in [0.2, 0.25) is 0 Å². The third-order valence-corrected chi connectivity index (χ3v) is 4.43. The summed E-state index contributed by atoms with van der Waals surface area (Å²) in [6, 6.07) is 10.7. The van der Waals surface area contributed by atoms with Gasteiger partial charge in [0.25, 0.3) is 10.0 Å². The maximum Gasteiger partial charge on any atom is 0.263 e. The number of nitrogens with zero attached hydrogens (tertiary/aromatic N) is 1. The van der Waals surface area contributed by atoms with Gasteiger partial charge in [0, 0.05) is 11.6 Å². The Morgan fingerprint density at radius 1 is 1.13 bits per heavy atom. The van der Waals surface area contributed by atoms with E-state index in [1.807, 2.05) is 0 Å². The first-order chi connectivity index (χ1) is 11.0. The number of hydrogen-bond acceptors (Lipinski definition) is 6. The molecule has 0 fully saturated rings. The average Bonchev–Trinajstić information content (AvgIpc) is 3.16. The van der Waals surface area contributed by atoms with Crippen molar-refractivity contribution in [1.82, 2.24) is 5.16 Å². The quantitative estimate of drug-likeness (QED) is 0.721. The molecule has 7 nitrogen and oxygen atoms in total. The molecule has 0 spiro atoms. The smallest absolute Gasteiger partial charge is 0.263 e. The Morgan fingerprint density at radius 3 is 2.43 bits per heavy atom. The fraction of sp³-hybridized carbons (Fsp3) is 0.0667. The summed E-state index contributed by atoms with van der Waals surface area (Å²) in [7, 11) is -3.76. The number of anilines is 1. The highest BCUT2D eigenvalue weighted by atomic mass is 32.2. The normalized spacial score (nSPS) is 11.3. The molecule has 2 aromatic heterocycles. The lowest BCUT2D eigenvalue weighted by atomic mass is 10.2. The molecule has 1 aromatic carbocycles. The van der Waals surface area contributed by atoms with Gasteiger partial charge in [-0.05, 0) is 43.3 Å². The van der Waals surface area contributed by atoms with E-state index in [1.165, 1.54) is 18.2 Å². The fourth-order valence-corrected chi connectivity index (χ4v) is 2.96. The molecule has 0 amide bonds. The summed E-state index contributed by atoms with van der Waals surface area (Å²) in [5.74, 6) is 1.31. The van der Waals surface area contributed by atoms with Crippen molar-refractivity contribution < 1.29 is 22.2 Å². The van der Waals surface area contributed by atoms with Crippen LogP contribution in [0.3, 0.4) is 0 Å². The van der Waals surface area contributed by atoms with Crippen molar-refractivity contribution in [2.45, 2.75) is 11.8 Å². The van der Waals surface area contributed by atoms with Crippen LogP contribution in [0.15, 0.2) is 56.3 Å². The van der Waals surface area contributed by atoms with Gasteiger partial charge in [-0.15, -0.1) is 0 Å². The number of rotatable bonds is 5. The van der Waals surface area contributed by atoms with Crippen molar-refractivity contribution in [2.75, 3.05) is 4.72 Å². The lowest BCUT2D eigenvalue weighted by Gasteiger charge is -2.05. The second-order valence-corrected chi connectivity index (χ2v) is 6.45. The third-order valence-electron chi connectivity index (χ3n) is 3.06. The minimum Gasteiger partial charge on any atom is -0.453 e. The van der Waals surface area contributed by atoms with E-state index >= 15 is 0 Å². The van der Waals surface area contributed by atoms with Gasteiger partial charge < -0.3 is 8.94 Å². The number of hydrogen-bond donors (Lipinski definition) is 1. The van der Waals surface area contributed by atoms with Gasteiger partial charge in [0.1, 0.15) is 11.5 Å². The SMILES string of the molecule is Cc1cc(NS(=O)(=O)c2ccc(-c3ccc(C=O)o3)cc2)no1. The Balaban J connectivity index is 1.84. The summed E-state index contributed by atoms with van der Waals surface area (Å²) in [5.41, 5.74) is 0.661. The molecule has 0 radical (unpaired) electrons. The summed E-state index contributed by atoms with van der Waals surface area (Å²) in [4.78, 5) is 10.7. The van der Waals surface area contributed by atoms with Crippen molar-refractivity contribution in [2.24, 2.45) is 0 Å². The summed E-state index contributed by atoms with van der Waals surface area (Å²) in [5, 5.41) is 3.59. The van der Waals surface area contributed by atoms with Crippen LogP contribution in [0.5, 0.6) is 0 Å². The van der Waals surface area contributed by atoms with Crippen LogP contribution in [0.25, 0.3) is 11.3 Å². The third kappa shape index (κ3) is 3.16. The van der Waals surface area contributed by atoms with Gasteiger partial charge in [-0.3, -0.25) is 9.52 Å². The number of furan rings is 1. The Morgan fingerprint density at radius 2 is 1.87 bits per heavy atom. The largest absolute Gasteiger partial charge is 0.453 e. The highest BCUT2D eigenvalue weighted by Crippen LogP contribution is 2.24. The molecular weight excluding hydrogens is 320 g/mol. The van der Waals surface area contributed by atoms with E-state index in [9.17, 15) is 13.2 Å². The molecule has 0 aliphatic carbocycles. The molecule has 2 heterocycles. The van der Waals surface area contributed by atoms with E-state index in [-0.39, 0.29) is 16.5 Å². The van der Waals surface area contributed by atoms with E-state index in [1.54, 1.807) is 31.2 Å². The lowest BCUT2D eigenvalue weighted by Crippen LogP contribution is -2.12. The van der Waals surface area contributed by atoms with Crippen molar-refractivity contribution >= 4 is 22.1 Å². The summed E-state index contributed by atoms with van der Waals surface area (Å²) >= 11 is 0. The highest BCUT2D eigenvalue weighted by Gasteiger charge is 2.16. The van der Waals surface area contributed by atoms with E-state index in [0.29, 0.717) is 23.4 Å². The fourth-order valence-electron chi connectivity index (χ4n) is 1.98. The first-order valence-electron chi connectivity index (χ1n) is 6.59. The topological polar surface area (TPSA) is 102 Å². The van der Waals surface area contributed by atoms with Crippen molar-refractivity contribution in [1.29, 1.82) is 0 Å². The zero-order valence-corrected chi connectivity index (χ0v) is 12.8. The molecule has 3 rings (SSSR count). The predicted molar refractivity (Wildman–Crippen MR) is 81.6 cm³/mol. The van der Waals surface area contributed by atoms with E-state index in [0.717, 1.165) is 0 Å². The average molecular weight is 332 g/mol. The Hall–Kier alpha value is -2.87. The predicted octanol–water partition coefficient (Wildman–Crippen LogP) is 2.86. The van der Waals surface area contributed by atoms with Gasteiger partial charge in [-0.2, -0.15) is 0 Å². The van der Waals surface area contributed by atoms with Gasteiger partial charge in [-0.1, -0.05) is 5.16 Å². The van der Waals surface area contributed by atoms with Crippen LogP contribution in [0, 0.1) is 6.92 Å². The van der Waals surface area contributed by atoms with Gasteiger partial charge in [0.15, 0.2) is 17.9 Å². The zero-order chi connectivity index (χ0) is 16.4. The zero-order valence-electron chi connectivity index (χ0n) is 12.0. The molecule has 0 aliphatic heterocycles. The highest BCUT2D eigenvalue weighted by molar-refractivity contribution is 7.92. The van der Waals surface area contributed by atoms with Crippen LogP contribution >= 0.6 is 0 Å². The van der Waals surface area contributed by atoms with Crippen LogP contribution in [-0.2, 0) is 10.0 Å². The van der Waals surface area contributed by atoms with Crippen LogP contribution in [0.1, 0.15) is 16.3 Å². The van der Waals surface area contributed by atoms with E-state index < -0.39 is 10.0 Å². The first-order valence-corrected chi connectivity index (χ1v) is 8.08. The maximum atomic E-state index is 12.2. The van der Waals surface area contributed by atoms with Gasteiger partial charge in [-0.25, -0.2) is 8.42 Å². The van der Waals surface area contributed by atoms with Crippen LogP contribution in [0.4, 0.5) is 5.82 Å². The second kappa shape index (κ2) is 5.73. The van der Waals surface area contributed by atoms with Crippen LogP contribution in [-0.4, -0.2) is 19.9 Å². The number of aromatic nitrogens is 1. The van der Waals surface area contributed by atoms with Gasteiger partial charge in [0.2, 0.25) is 0 Å². The minimum absolute atomic E-state index is 0.0732. The number of carbonyl (C=O) groups excluding carboxylic acids is 1. The molecule has 0 atom stereocenters. The van der Waals surface area contributed by atoms with E-state index in [2.05, 4.69) is 9.88 Å². The lowest BCUT2D eigenvalue weighted by molar-refractivity contribution is 0.110. The molecule has 0 aliphatic rings. The second-order valence-electron chi connectivity index (χ2n) is 4.77. The standard InChI is InChI=1S/C15H12N2O5S/c1-10-8-15(16-22-10)17-23(19,20)13-5-2-11(3-6-13)14-7-4-12(9-18)21-14/h2-9H,1H3,(H,16,17). The number of nitrogens with one attached hydrogen (secondary N) is 1. The molecule has 0 saturated carbocycles. The Kier molecular flexibility index (Phi) is 3.75. The summed E-state index contributed by atoms with van der Waals surface area (Å²) in [6.07, 6.45) is 0.603. The maximum absolute atomic E-state index is 12.2. The van der Waals surface area contributed by atoms with Crippen molar-refractivity contribution in [3.8, 4) is 11.3 Å². The number of aldehydes is 1. The van der Waals surface area contributed by atoms with E-state index in [4.69, 9.17) is 8.94 Å². The Labute approximate surface area is 132 Å². The molecule has 1 N–H and O–H groups in total. The number of aryl methyl sites for hydroxylation is 1. The van der Waals surface area contributed by atoms with Gasteiger partial charge >= 0.3 is 0 Å². The van der Waals surface area contributed by atoms with Crippen molar-refractivity contribution in [3.05, 3.63) is 54.0 Å². The number of sulfonamides is 1. The minimum atomic E-state index is -3.76. The summed E-state index contributed by atoms with van der Waals surface area (Å²) in [6.45, 7) is 1.66. The number of benzene rings is 1. The molecule has 0 bridgehead atoms. The Bertz CT molecular complexity index is 938. The molecule has 0 saturated heterocycles. The van der Waals surface area contributed by atoms with Crippen molar-refractivity contribution in [3.63, 3.8) is 0 Å². The number of carbonyl (C=O) groups is 1. The van der Waals surface area contributed by atoms with Crippen LogP contribution < -0.4 is 4.72 Å². The molecule has 23 heavy (non-hydrogen) atoms. The molecule has 8 heteroatoms. The monoisotopic (exact) mass is 332 g/mol. The molecule has 118 valence electrons.